The minimum Gasteiger partial charge on any atom is -0.380 e. The highest BCUT2D eigenvalue weighted by Crippen LogP contribution is 2.18. The van der Waals surface area contributed by atoms with Crippen LogP contribution in [0.1, 0.15) is 17.0 Å². The van der Waals surface area contributed by atoms with Crippen LogP contribution in [0.3, 0.4) is 0 Å². The molecule has 1 aliphatic rings. The van der Waals surface area contributed by atoms with Gasteiger partial charge in [0.1, 0.15) is 0 Å². The summed E-state index contributed by atoms with van der Waals surface area (Å²) in [6.45, 7) is 6.56. The summed E-state index contributed by atoms with van der Waals surface area (Å²) in [5.41, 5.74) is 4.76. The zero-order valence-electron chi connectivity index (χ0n) is 14.6. The van der Waals surface area contributed by atoms with E-state index >= 15 is 0 Å². The molecule has 0 unspecified atom stereocenters. The fourth-order valence-corrected chi connectivity index (χ4v) is 3.58. The monoisotopic (exact) mass is 336 g/mol. The number of aryl methyl sites for hydroxylation is 1. The molecule has 25 heavy (non-hydrogen) atoms. The number of aromatic nitrogens is 3. The van der Waals surface area contributed by atoms with E-state index in [0.29, 0.717) is 5.92 Å². The molecule has 0 amide bonds. The molecular weight excluding hydrogens is 312 g/mol. The van der Waals surface area contributed by atoms with Crippen molar-refractivity contribution in [1.29, 1.82) is 0 Å². The Hall–Kier alpha value is -2.24. The summed E-state index contributed by atoms with van der Waals surface area (Å²) in [4.78, 5) is 11.6. The van der Waals surface area contributed by atoms with Crippen molar-refractivity contribution in [3.05, 3.63) is 66.0 Å². The molecule has 0 bridgehead atoms. The van der Waals surface area contributed by atoms with Gasteiger partial charge in [-0.2, -0.15) is 0 Å². The van der Waals surface area contributed by atoms with E-state index < -0.39 is 0 Å². The molecule has 5 heteroatoms. The van der Waals surface area contributed by atoms with Crippen LogP contribution in [-0.4, -0.2) is 45.6 Å². The van der Waals surface area contributed by atoms with Crippen LogP contribution in [0.25, 0.3) is 5.52 Å². The van der Waals surface area contributed by atoms with E-state index in [-0.39, 0.29) is 0 Å². The molecule has 0 N–H and O–H groups in total. The van der Waals surface area contributed by atoms with Crippen LogP contribution < -0.4 is 0 Å². The molecule has 3 aromatic heterocycles. The maximum absolute atomic E-state index is 5.87. The molecule has 130 valence electrons. The Morgan fingerprint density at radius 1 is 1.12 bits per heavy atom. The Balaban J connectivity index is 1.48. The molecule has 0 aliphatic carbocycles. The zero-order chi connectivity index (χ0) is 17.1. The number of nitrogens with zero attached hydrogens (tertiary/aromatic N) is 4. The van der Waals surface area contributed by atoms with Crippen LogP contribution in [0.5, 0.6) is 0 Å². The maximum Gasteiger partial charge on any atom is 0.0666 e. The molecular formula is C20H24N4O. The lowest BCUT2D eigenvalue weighted by molar-refractivity contribution is 0.121. The maximum atomic E-state index is 5.87. The Bertz CT molecular complexity index is 844. The van der Waals surface area contributed by atoms with Gasteiger partial charge in [0.2, 0.25) is 0 Å². The quantitative estimate of drug-likeness (QED) is 0.735. The highest BCUT2D eigenvalue weighted by atomic mass is 16.5. The van der Waals surface area contributed by atoms with Crippen LogP contribution in [0.15, 0.2) is 49.1 Å². The summed E-state index contributed by atoms with van der Waals surface area (Å²) in [6.07, 6.45) is 8.77. The van der Waals surface area contributed by atoms with Crippen molar-refractivity contribution < 1.29 is 4.74 Å². The topological polar surface area (TPSA) is 42.7 Å². The number of ether oxygens (including phenoxy) is 1. The lowest BCUT2D eigenvalue weighted by Gasteiger charge is -2.23. The van der Waals surface area contributed by atoms with Gasteiger partial charge in [-0.1, -0.05) is 6.07 Å². The van der Waals surface area contributed by atoms with E-state index in [1.165, 1.54) is 11.1 Å². The van der Waals surface area contributed by atoms with Crippen LogP contribution in [-0.2, 0) is 17.7 Å². The van der Waals surface area contributed by atoms with Gasteiger partial charge in [-0.05, 0) is 37.1 Å². The second-order valence-electron chi connectivity index (χ2n) is 6.82. The molecule has 1 aliphatic heterocycles. The molecule has 3 aromatic rings. The molecule has 0 saturated carbocycles. The molecule has 4 heterocycles. The molecule has 1 atom stereocenters. The summed E-state index contributed by atoms with van der Waals surface area (Å²) >= 11 is 0. The Kier molecular flexibility index (Phi) is 4.76. The van der Waals surface area contributed by atoms with Crippen molar-refractivity contribution in [2.75, 3.05) is 26.3 Å². The normalized spacial score (nSPS) is 19.2. The third-order valence-electron chi connectivity index (χ3n) is 4.93. The zero-order valence-corrected chi connectivity index (χ0v) is 14.6. The molecule has 4 rings (SSSR count). The first-order valence-corrected chi connectivity index (χ1v) is 8.91. The van der Waals surface area contributed by atoms with E-state index in [1.807, 2.05) is 24.7 Å². The third-order valence-corrected chi connectivity index (χ3v) is 4.93. The molecule has 0 spiro atoms. The fourth-order valence-electron chi connectivity index (χ4n) is 3.58. The second kappa shape index (κ2) is 7.33. The number of hydrogen-bond acceptors (Lipinski definition) is 4. The number of rotatable bonds is 4. The van der Waals surface area contributed by atoms with Crippen LogP contribution in [0.2, 0.25) is 0 Å². The molecule has 1 fully saturated rings. The summed E-state index contributed by atoms with van der Waals surface area (Å²) in [5.74, 6) is 0.445. The fraction of sp³-hybridized carbons (Fsp3) is 0.400. The van der Waals surface area contributed by atoms with Crippen molar-refractivity contribution >= 4 is 5.52 Å². The van der Waals surface area contributed by atoms with E-state index in [0.717, 1.165) is 50.7 Å². The van der Waals surface area contributed by atoms with Gasteiger partial charge in [0.05, 0.1) is 30.1 Å². The Morgan fingerprint density at radius 3 is 2.96 bits per heavy atom. The first-order valence-electron chi connectivity index (χ1n) is 8.91. The van der Waals surface area contributed by atoms with Gasteiger partial charge in [0, 0.05) is 50.3 Å². The summed E-state index contributed by atoms with van der Waals surface area (Å²) < 4.78 is 8.01. The van der Waals surface area contributed by atoms with Gasteiger partial charge in [-0.15, -0.1) is 0 Å². The van der Waals surface area contributed by atoms with Crippen molar-refractivity contribution in [2.24, 2.45) is 5.92 Å². The molecule has 1 saturated heterocycles. The summed E-state index contributed by atoms with van der Waals surface area (Å²) in [6, 6.07) is 8.33. The van der Waals surface area contributed by atoms with Crippen molar-refractivity contribution in [2.45, 2.75) is 19.9 Å². The molecule has 5 nitrogen and oxygen atoms in total. The van der Waals surface area contributed by atoms with Crippen molar-refractivity contribution in [1.82, 2.24) is 19.3 Å². The lowest BCUT2D eigenvalue weighted by Crippen LogP contribution is -2.31. The second-order valence-corrected chi connectivity index (χ2v) is 6.82. The third kappa shape index (κ3) is 3.72. The first kappa shape index (κ1) is 16.2. The molecule has 0 aromatic carbocycles. The minimum absolute atomic E-state index is 0.445. The predicted molar refractivity (Wildman–Crippen MR) is 97.5 cm³/mol. The standard InChI is InChI=1S/C20H24N4O/c1-16-4-2-6-21-19(16)14-23-10-11-25-15-17(13-23)12-18-20-5-3-8-24(20)9-7-22-18/h2-9,17H,10-15H2,1H3/t17-/m0/s1. The van der Waals surface area contributed by atoms with Crippen LogP contribution in [0.4, 0.5) is 0 Å². The summed E-state index contributed by atoms with van der Waals surface area (Å²) in [7, 11) is 0. The average molecular weight is 336 g/mol. The van der Waals surface area contributed by atoms with E-state index in [2.05, 4.69) is 50.6 Å². The van der Waals surface area contributed by atoms with Crippen LogP contribution in [0, 0.1) is 12.8 Å². The van der Waals surface area contributed by atoms with Gasteiger partial charge in [-0.3, -0.25) is 14.9 Å². The minimum atomic E-state index is 0.445. The van der Waals surface area contributed by atoms with Gasteiger partial charge >= 0.3 is 0 Å². The van der Waals surface area contributed by atoms with Gasteiger partial charge in [0.25, 0.3) is 0 Å². The van der Waals surface area contributed by atoms with Crippen LogP contribution >= 0.6 is 0 Å². The molecule has 0 radical (unpaired) electrons. The van der Waals surface area contributed by atoms with Gasteiger partial charge in [0.15, 0.2) is 0 Å². The first-order chi connectivity index (χ1) is 12.3. The van der Waals surface area contributed by atoms with E-state index in [1.54, 1.807) is 0 Å². The highest BCUT2D eigenvalue weighted by molar-refractivity contribution is 5.52. The number of fused-ring (bicyclic) bond motifs is 1. The van der Waals surface area contributed by atoms with Crippen molar-refractivity contribution in [3.8, 4) is 0 Å². The van der Waals surface area contributed by atoms with Gasteiger partial charge < -0.3 is 9.14 Å². The lowest BCUT2D eigenvalue weighted by atomic mass is 10.0. The van der Waals surface area contributed by atoms with E-state index in [9.17, 15) is 0 Å². The summed E-state index contributed by atoms with van der Waals surface area (Å²) in [5, 5.41) is 0. The SMILES string of the molecule is Cc1cccnc1CN1CCOC[C@@H](Cc2nccn3cccc23)C1. The van der Waals surface area contributed by atoms with Crippen molar-refractivity contribution in [3.63, 3.8) is 0 Å². The van der Waals surface area contributed by atoms with Gasteiger partial charge in [-0.25, -0.2) is 0 Å². The largest absolute Gasteiger partial charge is 0.380 e. The predicted octanol–water partition coefficient (Wildman–Crippen LogP) is 2.73. The smallest absolute Gasteiger partial charge is 0.0666 e. The van der Waals surface area contributed by atoms with E-state index in [4.69, 9.17) is 4.74 Å². The number of pyridine rings is 1. The Morgan fingerprint density at radius 2 is 2.04 bits per heavy atom. The highest BCUT2D eigenvalue weighted by Gasteiger charge is 2.21. The number of hydrogen-bond donors (Lipinski definition) is 0. The Labute approximate surface area is 148 Å². The average Bonchev–Trinajstić information content (AvgIpc) is 3.00.